The Balaban J connectivity index is 2.22. The summed E-state index contributed by atoms with van der Waals surface area (Å²) in [6.45, 7) is 4.31. The minimum Gasteiger partial charge on any atom is -0.0807 e. The molecule has 0 saturated carbocycles. The highest BCUT2D eigenvalue weighted by molar-refractivity contribution is 5.33. The van der Waals surface area contributed by atoms with E-state index in [-0.39, 0.29) is 0 Å². The zero-order chi connectivity index (χ0) is 9.97. The summed E-state index contributed by atoms with van der Waals surface area (Å²) in [5.74, 6) is 0.582. The largest absolute Gasteiger partial charge is 0.0807 e. The molecule has 0 spiro atoms. The molecule has 1 aromatic rings. The third-order valence-electron chi connectivity index (χ3n) is 2.76. The molecule has 0 aliphatic heterocycles. The molecule has 1 aliphatic rings. The third-order valence-corrected chi connectivity index (χ3v) is 2.76. The van der Waals surface area contributed by atoms with Gasteiger partial charge in [0.15, 0.2) is 0 Å². The van der Waals surface area contributed by atoms with Gasteiger partial charge in [-0.05, 0) is 25.8 Å². The number of hydrogen-bond donors (Lipinski definition) is 0. The molecule has 0 saturated heterocycles. The molecule has 1 aromatic carbocycles. The van der Waals surface area contributed by atoms with Crippen molar-refractivity contribution < 1.29 is 0 Å². The lowest BCUT2D eigenvalue weighted by atomic mass is 9.90. The Bertz CT molecular complexity index is 383. The van der Waals surface area contributed by atoms with Gasteiger partial charge >= 0.3 is 0 Å². The lowest BCUT2D eigenvalue weighted by Crippen LogP contribution is -1.97. The molecule has 14 heavy (non-hydrogen) atoms. The van der Waals surface area contributed by atoms with Crippen molar-refractivity contribution in [3.8, 4) is 0 Å². The maximum atomic E-state index is 2.31. The summed E-state index contributed by atoms with van der Waals surface area (Å²) >= 11 is 0. The van der Waals surface area contributed by atoms with Gasteiger partial charge in [0.2, 0.25) is 0 Å². The molecule has 0 bridgehead atoms. The number of aryl methyl sites for hydroxylation is 1. The second-order valence-corrected chi connectivity index (χ2v) is 4.06. The van der Waals surface area contributed by atoms with Crippen molar-refractivity contribution in [2.75, 3.05) is 0 Å². The van der Waals surface area contributed by atoms with Crippen LogP contribution < -0.4 is 0 Å². The van der Waals surface area contributed by atoms with E-state index in [9.17, 15) is 0 Å². The van der Waals surface area contributed by atoms with Crippen LogP contribution in [0.2, 0.25) is 0 Å². The Morgan fingerprint density at radius 2 is 2.07 bits per heavy atom. The minimum absolute atomic E-state index is 0.582. The van der Waals surface area contributed by atoms with E-state index in [4.69, 9.17) is 0 Å². The Labute approximate surface area is 86.0 Å². The van der Waals surface area contributed by atoms with Crippen LogP contribution in [0.15, 0.2) is 48.1 Å². The van der Waals surface area contributed by atoms with Crippen LogP contribution in [0.3, 0.4) is 0 Å². The second kappa shape index (κ2) is 3.83. The van der Waals surface area contributed by atoms with Crippen molar-refractivity contribution in [2.24, 2.45) is 0 Å². The van der Waals surface area contributed by atoms with Gasteiger partial charge in [-0.15, -0.1) is 0 Å². The first-order valence-corrected chi connectivity index (χ1v) is 5.17. The number of benzene rings is 1. The molecular weight excluding hydrogens is 168 g/mol. The molecule has 0 radical (unpaired) electrons. The van der Waals surface area contributed by atoms with Gasteiger partial charge in [0, 0.05) is 5.92 Å². The van der Waals surface area contributed by atoms with Crippen LogP contribution in [-0.4, -0.2) is 0 Å². The monoisotopic (exact) mass is 184 g/mol. The van der Waals surface area contributed by atoms with Gasteiger partial charge < -0.3 is 0 Å². The average Bonchev–Trinajstić information content (AvgIpc) is 2.19. The molecule has 0 nitrogen and oxygen atoms in total. The summed E-state index contributed by atoms with van der Waals surface area (Å²) in [5, 5.41) is 0. The Hall–Kier alpha value is -1.30. The summed E-state index contributed by atoms with van der Waals surface area (Å²) in [6, 6.07) is 8.79. The van der Waals surface area contributed by atoms with Crippen molar-refractivity contribution in [2.45, 2.75) is 26.2 Å². The fourth-order valence-electron chi connectivity index (χ4n) is 1.88. The zero-order valence-electron chi connectivity index (χ0n) is 8.83. The van der Waals surface area contributed by atoms with Crippen molar-refractivity contribution >= 4 is 0 Å². The normalized spacial score (nSPS) is 20.7. The van der Waals surface area contributed by atoms with E-state index in [0.717, 1.165) is 6.42 Å². The Morgan fingerprint density at radius 1 is 1.21 bits per heavy atom. The lowest BCUT2D eigenvalue weighted by Gasteiger charge is -2.15. The average molecular weight is 184 g/mol. The van der Waals surface area contributed by atoms with Gasteiger partial charge in [-0.1, -0.05) is 53.6 Å². The van der Waals surface area contributed by atoms with Crippen LogP contribution in [0.1, 0.15) is 30.4 Å². The maximum Gasteiger partial charge on any atom is 0.00560 e. The molecule has 0 fully saturated rings. The molecule has 0 amide bonds. The van der Waals surface area contributed by atoms with E-state index in [1.807, 2.05) is 0 Å². The van der Waals surface area contributed by atoms with Crippen LogP contribution in [0.5, 0.6) is 0 Å². The van der Waals surface area contributed by atoms with Crippen molar-refractivity contribution in [1.29, 1.82) is 0 Å². The van der Waals surface area contributed by atoms with E-state index < -0.39 is 0 Å². The van der Waals surface area contributed by atoms with Crippen molar-refractivity contribution in [3.05, 3.63) is 59.2 Å². The first-order chi connectivity index (χ1) is 6.75. The van der Waals surface area contributed by atoms with Gasteiger partial charge in [-0.25, -0.2) is 0 Å². The van der Waals surface area contributed by atoms with Crippen LogP contribution in [0, 0.1) is 6.92 Å². The zero-order valence-corrected chi connectivity index (χ0v) is 8.83. The Morgan fingerprint density at radius 3 is 2.71 bits per heavy atom. The summed E-state index contributed by atoms with van der Waals surface area (Å²) in [7, 11) is 0. The van der Waals surface area contributed by atoms with Crippen LogP contribution in [0.4, 0.5) is 0 Å². The van der Waals surface area contributed by atoms with E-state index in [1.54, 1.807) is 0 Å². The fourth-order valence-corrected chi connectivity index (χ4v) is 1.88. The second-order valence-electron chi connectivity index (χ2n) is 4.06. The molecule has 0 aromatic heterocycles. The molecule has 72 valence electrons. The highest BCUT2D eigenvalue weighted by Crippen LogP contribution is 2.26. The van der Waals surface area contributed by atoms with Crippen molar-refractivity contribution in [1.82, 2.24) is 0 Å². The Kier molecular flexibility index (Phi) is 2.53. The van der Waals surface area contributed by atoms with Gasteiger partial charge in [0.05, 0.1) is 0 Å². The molecule has 0 heteroatoms. The molecule has 1 aliphatic carbocycles. The molecule has 2 rings (SSSR count). The highest BCUT2D eigenvalue weighted by Gasteiger charge is 2.09. The third kappa shape index (κ3) is 1.95. The van der Waals surface area contributed by atoms with Gasteiger partial charge in [-0.3, -0.25) is 0 Å². The standard InChI is InChI=1S/C14H16/c1-11-6-8-13(9-7-11)14-5-3-4-12(2)10-14/h3-8,10,13H,9H2,1-2H3. The maximum absolute atomic E-state index is 2.31. The van der Waals surface area contributed by atoms with E-state index >= 15 is 0 Å². The predicted octanol–water partition coefficient (Wildman–Crippen LogP) is 3.98. The molecule has 0 heterocycles. The van der Waals surface area contributed by atoms with Crippen LogP contribution in [0.25, 0.3) is 0 Å². The molecule has 1 atom stereocenters. The van der Waals surface area contributed by atoms with Gasteiger partial charge in [0.1, 0.15) is 0 Å². The SMILES string of the molecule is CC1=CCC(c2cccc(C)c2)C=C1. The number of hydrogen-bond acceptors (Lipinski definition) is 0. The van der Waals surface area contributed by atoms with Gasteiger partial charge in [-0.2, -0.15) is 0 Å². The smallest absolute Gasteiger partial charge is 0.00560 e. The minimum atomic E-state index is 0.582. The summed E-state index contributed by atoms with van der Waals surface area (Å²) in [6.07, 6.45) is 7.99. The summed E-state index contributed by atoms with van der Waals surface area (Å²) in [4.78, 5) is 0. The lowest BCUT2D eigenvalue weighted by molar-refractivity contribution is 0.844. The first-order valence-electron chi connectivity index (χ1n) is 5.17. The molecular formula is C14H16. The summed E-state index contributed by atoms with van der Waals surface area (Å²) in [5.41, 5.74) is 4.17. The first kappa shape index (κ1) is 9.26. The van der Waals surface area contributed by atoms with Crippen LogP contribution >= 0.6 is 0 Å². The highest BCUT2D eigenvalue weighted by atomic mass is 14.1. The van der Waals surface area contributed by atoms with Crippen molar-refractivity contribution in [3.63, 3.8) is 0 Å². The number of rotatable bonds is 1. The van der Waals surface area contributed by atoms with E-state index in [2.05, 4.69) is 56.3 Å². The van der Waals surface area contributed by atoms with Crippen LogP contribution in [-0.2, 0) is 0 Å². The van der Waals surface area contributed by atoms with E-state index in [1.165, 1.54) is 16.7 Å². The fraction of sp³-hybridized carbons (Fsp3) is 0.286. The van der Waals surface area contributed by atoms with Gasteiger partial charge in [0.25, 0.3) is 0 Å². The summed E-state index contributed by atoms with van der Waals surface area (Å²) < 4.78 is 0. The van der Waals surface area contributed by atoms with E-state index in [0.29, 0.717) is 5.92 Å². The molecule has 1 unspecified atom stereocenters. The number of allylic oxidation sites excluding steroid dienone is 4. The quantitative estimate of drug-likeness (QED) is 0.619. The molecule has 0 N–H and O–H groups in total. The topological polar surface area (TPSA) is 0 Å². The predicted molar refractivity (Wildman–Crippen MR) is 61.4 cm³/mol.